The number of benzene rings is 4. The molecule has 41 heavy (non-hydrogen) atoms. The van der Waals surface area contributed by atoms with Gasteiger partial charge in [0.25, 0.3) is 5.91 Å². The number of nitrogens with one attached hydrogen (secondary N) is 2. The normalized spacial score (nSPS) is 14.0. The summed E-state index contributed by atoms with van der Waals surface area (Å²) in [4.78, 5) is 25.3. The van der Waals surface area contributed by atoms with Crippen molar-refractivity contribution in [3.8, 4) is 11.3 Å². The van der Waals surface area contributed by atoms with E-state index in [-0.39, 0.29) is 5.91 Å². The molecule has 1 aliphatic heterocycles. The number of fused-ring (bicyclic) bond motifs is 1. The maximum absolute atomic E-state index is 13.2. The third kappa shape index (κ3) is 6.28. The van der Waals surface area contributed by atoms with Crippen molar-refractivity contribution in [2.75, 3.05) is 23.7 Å². The second-order valence-electron chi connectivity index (χ2n) is 10.7. The first-order valence-corrected chi connectivity index (χ1v) is 14.5. The van der Waals surface area contributed by atoms with Gasteiger partial charge in [-0.05, 0) is 80.4 Å². The minimum absolute atomic E-state index is 0.125. The molecule has 1 aliphatic rings. The monoisotopic (exact) mass is 541 g/mol. The van der Waals surface area contributed by atoms with Crippen molar-refractivity contribution in [2.24, 2.45) is 0 Å². The fourth-order valence-corrected chi connectivity index (χ4v) is 5.50. The van der Waals surface area contributed by atoms with Crippen LogP contribution in [0.15, 0.2) is 97.1 Å². The highest BCUT2D eigenvalue weighted by atomic mass is 16.1. The van der Waals surface area contributed by atoms with E-state index in [4.69, 9.17) is 9.97 Å². The zero-order valence-corrected chi connectivity index (χ0v) is 23.4. The van der Waals surface area contributed by atoms with Crippen molar-refractivity contribution in [3.05, 3.63) is 114 Å². The SMILES string of the molecule is Cc1c(CN2CCCCCC2)cccc1NC(=O)c1ccc(Nc2nc(-c3ccccc3)c3ccccc3n2)cc1. The smallest absolute Gasteiger partial charge is 0.255 e. The molecule has 4 aromatic carbocycles. The summed E-state index contributed by atoms with van der Waals surface area (Å²) in [5.41, 5.74) is 7.45. The zero-order chi connectivity index (χ0) is 28.0. The molecule has 0 atom stereocenters. The molecular weight excluding hydrogens is 506 g/mol. The van der Waals surface area contributed by atoms with Gasteiger partial charge in [0.15, 0.2) is 0 Å². The van der Waals surface area contributed by atoms with E-state index >= 15 is 0 Å². The van der Waals surface area contributed by atoms with Gasteiger partial charge in [-0.15, -0.1) is 0 Å². The third-order valence-corrected chi connectivity index (χ3v) is 7.84. The Morgan fingerprint density at radius 2 is 1.51 bits per heavy atom. The second-order valence-corrected chi connectivity index (χ2v) is 10.7. The lowest BCUT2D eigenvalue weighted by Gasteiger charge is -2.22. The first-order valence-electron chi connectivity index (χ1n) is 14.5. The summed E-state index contributed by atoms with van der Waals surface area (Å²) in [6.45, 7) is 5.32. The number of rotatable bonds is 7. The Morgan fingerprint density at radius 3 is 2.29 bits per heavy atom. The lowest BCUT2D eigenvalue weighted by Crippen LogP contribution is -2.24. The van der Waals surface area contributed by atoms with Crippen molar-refractivity contribution in [1.29, 1.82) is 0 Å². The largest absolute Gasteiger partial charge is 0.324 e. The van der Waals surface area contributed by atoms with Gasteiger partial charge in [-0.3, -0.25) is 9.69 Å². The molecule has 0 aliphatic carbocycles. The van der Waals surface area contributed by atoms with Crippen LogP contribution in [0, 0.1) is 6.92 Å². The van der Waals surface area contributed by atoms with Crippen LogP contribution in [-0.2, 0) is 6.54 Å². The maximum Gasteiger partial charge on any atom is 0.255 e. The highest BCUT2D eigenvalue weighted by Gasteiger charge is 2.15. The van der Waals surface area contributed by atoms with E-state index < -0.39 is 0 Å². The lowest BCUT2D eigenvalue weighted by molar-refractivity contribution is 0.102. The number of amides is 1. The number of nitrogens with zero attached hydrogens (tertiary/aromatic N) is 3. The highest BCUT2D eigenvalue weighted by molar-refractivity contribution is 6.05. The Kier molecular flexibility index (Phi) is 8.01. The summed E-state index contributed by atoms with van der Waals surface area (Å²) in [5, 5.41) is 7.45. The Labute approximate surface area is 241 Å². The van der Waals surface area contributed by atoms with Gasteiger partial charge >= 0.3 is 0 Å². The Morgan fingerprint density at radius 1 is 0.780 bits per heavy atom. The quantitative estimate of drug-likeness (QED) is 0.219. The van der Waals surface area contributed by atoms with Crippen LogP contribution in [-0.4, -0.2) is 33.9 Å². The Balaban J connectivity index is 1.16. The first-order chi connectivity index (χ1) is 20.1. The zero-order valence-electron chi connectivity index (χ0n) is 23.4. The van der Waals surface area contributed by atoms with E-state index in [1.54, 1.807) is 0 Å². The number of likely N-dealkylation sites (tertiary alicyclic amines) is 1. The van der Waals surface area contributed by atoms with E-state index in [0.717, 1.165) is 58.7 Å². The molecular formula is C35H35N5O. The van der Waals surface area contributed by atoms with Crippen molar-refractivity contribution in [1.82, 2.24) is 14.9 Å². The van der Waals surface area contributed by atoms with Crippen LogP contribution in [0.3, 0.4) is 0 Å². The highest BCUT2D eigenvalue weighted by Crippen LogP contribution is 2.28. The maximum atomic E-state index is 13.2. The predicted octanol–water partition coefficient (Wildman–Crippen LogP) is 7.98. The van der Waals surface area contributed by atoms with Gasteiger partial charge in [0.2, 0.25) is 5.95 Å². The van der Waals surface area contributed by atoms with Gasteiger partial charge in [0.05, 0.1) is 11.2 Å². The molecule has 206 valence electrons. The van der Waals surface area contributed by atoms with Crippen LogP contribution >= 0.6 is 0 Å². The van der Waals surface area contributed by atoms with Crippen molar-refractivity contribution in [2.45, 2.75) is 39.2 Å². The summed E-state index contributed by atoms with van der Waals surface area (Å²) < 4.78 is 0. The van der Waals surface area contributed by atoms with E-state index in [1.807, 2.05) is 78.9 Å². The van der Waals surface area contributed by atoms with Gasteiger partial charge in [0, 0.05) is 34.4 Å². The molecule has 6 heteroatoms. The van der Waals surface area contributed by atoms with Crippen LogP contribution < -0.4 is 10.6 Å². The summed E-state index contributed by atoms with van der Waals surface area (Å²) >= 11 is 0. The number of aromatic nitrogens is 2. The third-order valence-electron chi connectivity index (χ3n) is 7.84. The Hall–Kier alpha value is -4.55. The van der Waals surface area contributed by atoms with E-state index in [2.05, 4.69) is 40.7 Å². The van der Waals surface area contributed by atoms with Crippen LogP contribution in [0.1, 0.15) is 47.2 Å². The van der Waals surface area contributed by atoms with Gasteiger partial charge in [0.1, 0.15) is 0 Å². The second kappa shape index (κ2) is 12.3. The number of carbonyl (C=O) groups is 1. The van der Waals surface area contributed by atoms with Gasteiger partial charge in [-0.25, -0.2) is 9.97 Å². The van der Waals surface area contributed by atoms with Crippen LogP contribution in [0.5, 0.6) is 0 Å². The molecule has 1 saturated heterocycles. The number of hydrogen-bond donors (Lipinski definition) is 2. The summed E-state index contributed by atoms with van der Waals surface area (Å²) in [6, 6.07) is 31.8. The predicted molar refractivity (Wildman–Crippen MR) is 168 cm³/mol. The van der Waals surface area contributed by atoms with Crippen molar-refractivity contribution in [3.63, 3.8) is 0 Å². The molecule has 1 fully saturated rings. The van der Waals surface area contributed by atoms with Crippen LogP contribution in [0.4, 0.5) is 17.3 Å². The van der Waals surface area contributed by atoms with Crippen LogP contribution in [0.2, 0.25) is 0 Å². The molecule has 0 saturated carbocycles. The minimum Gasteiger partial charge on any atom is -0.324 e. The van der Waals surface area contributed by atoms with Gasteiger partial charge < -0.3 is 10.6 Å². The number of hydrogen-bond acceptors (Lipinski definition) is 5. The lowest BCUT2D eigenvalue weighted by atomic mass is 10.1. The van der Waals surface area contributed by atoms with Crippen LogP contribution in [0.25, 0.3) is 22.2 Å². The molecule has 0 radical (unpaired) electrons. The summed E-state index contributed by atoms with van der Waals surface area (Å²) in [5.74, 6) is 0.386. The molecule has 0 bridgehead atoms. The number of para-hydroxylation sites is 1. The molecule has 1 aromatic heterocycles. The number of carbonyl (C=O) groups excluding carboxylic acids is 1. The topological polar surface area (TPSA) is 70.2 Å². The molecule has 2 N–H and O–H groups in total. The summed E-state index contributed by atoms with van der Waals surface area (Å²) in [6.07, 6.45) is 5.18. The standard InChI is InChI=1S/C35H35N5O/c1-25-28(24-40-22-9-2-3-10-23-40)14-11-17-31(25)37-34(41)27-18-20-29(21-19-27)36-35-38-32-16-8-7-15-30(32)33(39-35)26-12-5-4-6-13-26/h4-8,11-21H,2-3,9-10,22-24H2,1H3,(H,37,41)(H,36,38,39). The fourth-order valence-electron chi connectivity index (χ4n) is 5.50. The minimum atomic E-state index is -0.125. The van der Waals surface area contributed by atoms with E-state index in [9.17, 15) is 4.79 Å². The Bertz CT molecular complexity index is 1640. The molecule has 1 amide bonds. The summed E-state index contributed by atoms with van der Waals surface area (Å²) in [7, 11) is 0. The number of anilines is 3. The average molecular weight is 542 g/mol. The average Bonchev–Trinajstić information content (AvgIpc) is 3.28. The molecule has 6 nitrogen and oxygen atoms in total. The van der Waals surface area contributed by atoms with Crippen molar-refractivity contribution >= 4 is 34.1 Å². The fraction of sp³-hybridized carbons (Fsp3) is 0.229. The molecule has 5 aromatic rings. The molecule has 0 unspecified atom stereocenters. The van der Waals surface area contributed by atoms with E-state index in [0.29, 0.717) is 11.5 Å². The van der Waals surface area contributed by atoms with Crippen molar-refractivity contribution < 1.29 is 4.79 Å². The van der Waals surface area contributed by atoms with Gasteiger partial charge in [-0.1, -0.05) is 73.5 Å². The molecule has 0 spiro atoms. The van der Waals surface area contributed by atoms with E-state index in [1.165, 1.54) is 31.2 Å². The molecule has 6 rings (SSSR count). The molecule has 2 heterocycles. The first kappa shape index (κ1) is 26.7. The van der Waals surface area contributed by atoms with Gasteiger partial charge in [-0.2, -0.15) is 0 Å².